The molecule has 0 bridgehead atoms. The summed E-state index contributed by atoms with van der Waals surface area (Å²) in [5.74, 6) is -0.547. The van der Waals surface area contributed by atoms with E-state index in [-0.39, 0.29) is 31.5 Å². The van der Waals surface area contributed by atoms with Crippen molar-refractivity contribution < 1.29 is 37.3 Å². The van der Waals surface area contributed by atoms with Gasteiger partial charge in [-0.25, -0.2) is 4.57 Å². The fourth-order valence-electron chi connectivity index (χ4n) is 8.48. The fourth-order valence-corrected chi connectivity index (χ4v) is 9.22. The number of nitrogens with one attached hydrogen (secondary N) is 1. The van der Waals surface area contributed by atoms with E-state index in [2.05, 4.69) is 99.0 Å². The Morgan fingerprint density at radius 2 is 0.813 bits per heavy atom. The topological polar surface area (TPSA) is 111 Å². The van der Waals surface area contributed by atoms with E-state index in [1.807, 2.05) is 33.3 Å². The fraction of sp³-hybridized carbons (Fsp3) is 0.754. The molecule has 434 valence electrons. The third-order valence-electron chi connectivity index (χ3n) is 13.3. The van der Waals surface area contributed by atoms with Crippen LogP contribution in [0, 0.1) is 0 Å². The van der Waals surface area contributed by atoms with Gasteiger partial charge in [-0.15, -0.1) is 0 Å². The van der Waals surface area contributed by atoms with Crippen LogP contribution in [0.5, 0.6) is 0 Å². The van der Waals surface area contributed by atoms with Crippen molar-refractivity contribution in [1.29, 1.82) is 0 Å². The highest BCUT2D eigenvalue weighted by molar-refractivity contribution is 7.47. The van der Waals surface area contributed by atoms with E-state index < -0.39 is 20.0 Å². The molecular formula is C65H118N2O7P+. The van der Waals surface area contributed by atoms with Crippen LogP contribution in [0.1, 0.15) is 265 Å². The predicted molar refractivity (Wildman–Crippen MR) is 323 cm³/mol. The van der Waals surface area contributed by atoms with Crippen LogP contribution in [0.15, 0.2) is 85.1 Å². The van der Waals surface area contributed by atoms with Crippen molar-refractivity contribution in [1.82, 2.24) is 5.32 Å². The van der Waals surface area contributed by atoms with Crippen LogP contribution in [0.2, 0.25) is 0 Å². The van der Waals surface area contributed by atoms with Crippen LogP contribution in [0.3, 0.4) is 0 Å². The average molecular weight is 1070 g/mol. The van der Waals surface area contributed by atoms with Gasteiger partial charge in [0.25, 0.3) is 0 Å². The number of likely N-dealkylation sites (N-methyl/N-ethyl adjacent to an activating group) is 1. The van der Waals surface area contributed by atoms with Crippen molar-refractivity contribution in [3.63, 3.8) is 0 Å². The first-order valence-corrected chi connectivity index (χ1v) is 32.4. The highest BCUT2D eigenvalue weighted by Gasteiger charge is 2.30. The Bertz CT molecular complexity index is 1560. The number of hydrogen-bond donors (Lipinski definition) is 2. The maximum Gasteiger partial charge on any atom is 0.472 e. The summed E-state index contributed by atoms with van der Waals surface area (Å²) in [6.45, 7) is 6.93. The first-order chi connectivity index (χ1) is 36.4. The smallest absolute Gasteiger partial charge is 0.456 e. The van der Waals surface area contributed by atoms with Gasteiger partial charge in [0.15, 0.2) is 0 Å². The molecule has 0 aliphatic carbocycles. The summed E-state index contributed by atoms with van der Waals surface area (Å²) < 4.78 is 30.6. The van der Waals surface area contributed by atoms with E-state index in [1.165, 1.54) is 128 Å². The number of phosphoric acid groups is 1. The molecule has 0 rings (SSSR count). The van der Waals surface area contributed by atoms with Crippen molar-refractivity contribution in [2.24, 2.45) is 0 Å². The summed E-state index contributed by atoms with van der Waals surface area (Å²) in [5, 5.41) is 3.04. The molecule has 0 heterocycles. The number of ether oxygens (including phenoxy) is 1. The zero-order valence-corrected chi connectivity index (χ0v) is 50.4. The zero-order chi connectivity index (χ0) is 55.0. The molecule has 0 saturated carbocycles. The molecule has 0 aromatic carbocycles. The van der Waals surface area contributed by atoms with Crippen LogP contribution in [0.25, 0.3) is 0 Å². The Morgan fingerprint density at radius 1 is 0.467 bits per heavy atom. The molecule has 3 atom stereocenters. The van der Waals surface area contributed by atoms with Crippen LogP contribution in [-0.4, -0.2) is 74.3 Å². The van der Waals surface area contributed by atoms with Gasteiger partial charge in [-0.2, -0.15) is 0 Å². The van der Waals surface area contributed by atoms with E-state index in [0.717, 1.165) is 96.3 Å². The van der Waals surface area contributed by atoms with E-state index in [4.69, 9.17) is 13.8 Å². The highest BCUT2D eigenvalue weighted by atomic mass is 31.2. The van der Waals surface area contributed by atoms with Gasteiger partial charge < -0.3 is 19.4 Å². The molecule has 9 nitrogen and oxygen atoms in total. The quantitative estimate of drug-likeness (QED) is 0.0205. The second kappa shape index (κ2) is 54.5. The Balaban J connectivity index is 5.30. The van der Waals surface area contributed by atoms with E-state index >= 15 is 0 Å². The number of carbonyl (C=O) groups is 2. The number of rotatable bonds is 55. The van der Waals surface area contributed by atoms with Gasteiger partial charge in [0.1, 0.15) is 19.3 Å². The third-order valence-corrected chi connectivity index (χ3v) is 14.3. The number of hydrogen-bond acceptors (Lipinski definition) is 6. The molecule has 0 spiro atoms. The lowest BCUT2D eigenvalue weighted by Gasteiger charge is -2.27. The predicted octanol–water partition coefficient (Wildman–Crippen LogP) is 19.0. The number of allylic oxidation sites excluding steroid dienone is 13. The lowest BCUT2D eigenvalue weighted by molar-refractivity contribution is -0.870. The first kappa shape index (κ1) is 72.2. The molecule has 0 aromatic heterocycles. The number of unbranched alkanes of at least 4 members (excludes halogenated alkanes) is 27. The normalized spacial score (nSPS) is 14.3. The summed E-state index contributed by atoms with van der Waals surface area (Å²) >= 11 is 0. The van der Waals surface area contributed by atoms with Gasteiger partial charge >= 0.3 is 13.8 Å². The Labute approximate surface area is 463 Å². The van der Waals surface area contributed by atoms with Crippen LogP contribution in [-0.2, 0) is 27.9 Å². The van der Waals surface area contributed by atoms with Gasteiger partial charge in [-0.1, -0.05) is 228 Å². The van der Waals surface area contributed by atoms with Crippen LogP contribution >= 0.6 is 7.82 Å². The zero-order valence-electron chi connectivity index (χ0n) is 49.5. The molecule has 10 heteroatoms. The molecule has 0 aromatic rings. The van der Waals surface area contributed by atoms with Crippen LogP contribution in [0.4, 0.5) is 0 Å². The minimum atomic E-state index is -4.46. The molecule has 75 heavy (non-hydrogen) atoms. The Kier molecular flexibility index (Phi) is 52.5. The van der Waals surface area contributed by atoms with Gasteiger partial charge in [-0.3, -0.25) is 18.6 Å². The lowest BCUT2D eigenvalue weighted by atomic mass is 10.0. The number of esters is 1. The van der Waals surface area contributed by atoms with Crippen molar-refractivity contribution >= 4 is 19.7 Å². The average Bonchev–Trinajstić information content (AvgIpc) is 3.37. The molecule has 0 radical (unpaired) electrons. The molecule has 1 amide bonds. The monoisotopic (exact) mass is 1070 g/mol. The van der Waals surface area contributed by atoms with Crippen molar-refractivity contribution in [3.05, 3.63) is 85.1 Å². The Hall–Kier alpha value is -2.81. The number of nitrogens with zero attached hydrogens (tertiary/aromatic N) is 1. The molecular weight excluding hydrogens is 952 g/mol. The van der Waals surface area contributed by atoms with Crippen LogP contribution < -0.4 is 5.32 Å². The van der Waals surface area contributed by atoms with E-state index in [1.54, 1.807) is 0 Å². The summed E-state index contributed by atoms with van der Waals surface area (Å²) in [6, 6.07) is -0.867. The first-order valence-electron chi connectivity index (χ1n) is 30.9. The molecule has 0 aliphatic heterocycles. The van der Waals surface area contributed by atoms with Gasteiger partial charge in [0.05, 0.1) is 33.8 Å². The second-order valence-corrected chi connectivity index (χ2v) is 23.3. The number of carbonyl (C=O) groups excluding carboxylic acids is 2. The third kappa shape index (κ3) is 55.7. The van der Waals surface area contributed by atoms with Crippen molar-refractivity contribution in [2.75, 3.05) is 40.9 Å². The lowest BCUT2D eigenvalue weighted by Crippen LogP contribution is -2.47. The summed E-state index contributed by atoms with van der Waals surface area (Å²) in [7, 11) is 1.47. The van der Waals surface area contributed by atoms with E-state index in [0.29, 0.717) is 23.9 Å². The SMILES string of the molecule is CCCCC/C=C\C/C=C\C/C=C\C/C=C\CCCCCC(=O)OC(/C=C/CCCCCCCCCCC)C(COP(=O)(O)OCC[N+](C)(C)C)NC(=O)CCCCCCCCCCC/C=C\C/C=C\CCCCC. The second-order valence-electron chi connectivity index (χ2n) is 21.9. The summed E-state index contributed by atoms with van der Waals surface area (Å²) in [5.41, 5.74) is 0. The summed E-state index contributed by atoms with van der Waals surface area (Å²) in [4.78, 5) is 37.7. The minimum Gasteiger partial charge on any atom is -0.456 e. The Morgan fingerprint density at radius 3 is 1.25 bits per heavy atom. The van der Waals surface area contributed by atoms with Gasteiger partial charge in [0.2, 0.25) is 5.91 Å². The summed E-state index contributed by atoms with van der Waals surface area (Å²) in [6.07, 6.45) is 71.5. The van der Waals surface area contributed by atoms with E-state index in [9.17, 15) is 19.0 Å². The van der Waals surface area contributed by atoms with Gasteiger partial charge in [0, 0.05) is 12.8 Å². The maximum absolute atomic E-state index is 13.5. The number of quaternary nitrogens is 1. The maximum atomic E-state index is 13.5. The molecule has 0 saturated heterocycles. The number of phosphoric ester groups is 1. The molecule has 2 N–H and O–H groups in total. The van der Waals surface area contributed by atoms with Crippen molar-refractivity contribution in [2.45, 2.75) is 277 Å². The van der Waals surface area contributed by atoms with Gasteiger partial charge in [-0.05, 0) is 109 Å². The minimum absolute atomic E-state index is 0.0307. The highest BCUT2D eigenvalue weighted by Crippen LogP contribution is 2.43. The molecule has 0 fully saturated rings. The molecule has 3 unspecified atom stereocenters. The largest absolute Gasteiger partial charge is 0.472 e. The molecule has 0 aliphatic rings. The van der Waals surface area contributed by atoms with Crippen molar-refractivity contribution in [3.8, 4) is 0 Å². The standard InChI is InChI=1S/C65H117N2O7P/c1-7-10-13-16-19-22-25-27-29-31-33-35-37-39-42-45-48-51-54-57-64(68)66-62(61-73-75(70,71)72-60-59-67(4,5)6)63(56-53-50-47-44-41-24-21-18-15-12-9-3)74-65(69)58-55-52-49-46-43-40-38-36-34-32-30-28-26-23-20-17-14-11-8-2/h19-20,22-23,27-30,34,36,40,43,53,56,62-63H,7-18,21,24-26,31-33,35,37-39,41-42,44-52,54-55,57-61H2,1-6H3,(H-,66,68,70,71)/p+1/b22-19-,23-20-,29-27-,30-28-,36-34-,43-40-,56-53+. The number of amides is 1.